The van der Waals surface area contributed by atoms with Crippen molar-refractivity contribution in [2.24, 2.45) is 0 Å². The number of carboxylic acids is 1. The Morgan fingerprint density at radius 1 is 1.08 bits per heavy atom. The van der Waals surface area contributed by atoms with Crippen molar-refractivity contribution in [3.8, 4) is 27.8 Å². The Bertz CT molecular complexity index is 879. The van der Waals surface area contributed by atoms with Gasteiger partial charge in [0.15, 0.2) is 17.2 Å². The van der Waals surface area contributed by atoms with Gasteiger partial charge in [-0.25, -0.2) is 9.78 Å². The van der Waals surface area contributed by atoms with Crippen LogP contribution in [0.2, 0.25) is 0 Å². The highest BCUT2D eigenvalue weighted by Crippen LogP contribution is 2.39. The van der Waals surface area contributed by atoms with Crippen LogP contribution >= 0.6 is 11.3 Å². The Hall–Kier alpha value is -3.06. The van der Waals surface area contributed by atoms with E-state index in [4.69, 9.17) is 19.3 Å². The van der Waals surface area contributed by atoms with E-state index in [0.717, 1.165) is 5.75 Å². The second-order valence-corrected chi connectivity index (χ2v) is 6.05. The molecule has 3 rings (SSSR count). The Kier molecular flexibility index (Phi) is 5.70. The molecule has 1 N–H and O–H groups in total. The molecular weight excluding hydrogens is 354 g/mol. The number of thiazole rings is 1. The molecule has 2 aromatic carbocycles. The van der Waals surface area contributed by atoms with Crippen LogP contribution in [0.25, 0.3) is 10.6 Å². The molecule has 6 nitrogen and oxygen atoms in total. The van der Waals surface area contributed by atoms with Crippen LogP contribution in [0.15, 0.2) is 53.9 Å². The lowest BCUT2D eigenvalue weighted by Crippen LogP contribution is -2.10. The van der Waals surface area contributed by atoms with Gasteiger partial charge in [0.2, 0.25) is 0 Å². The van der Waals surface area contributed by atoms with E-state index in [1.165, 1.54) is 16.7 Å². The van der Waals surface area contributed by atoms with Crippen LogP contribution in [-0.2, 0) is 0 Å². The number of aromatic nitrogens is 1. The summed E-state index contributed by atoms with van der Waals surface area (Å²) in [7, 11) is 1.55. The molecule has 134 valence electrons. The monoisotopic (exact) mass is 371 g/mol. The lowest BCUT2D eigenvalue weighted by atomic mass is 10.2. The van der Waals surface area contributed by atoms with E-state index in [0.29, 0.717) is 35.3 Å². The molecule has 0 spiro atoms. The molecule has 1 heterocycles. The summed E-state index contributed by atoms with van der Waals surface area (Å²) in [6.07, 6.45) is 0. The molecule has 0 aliphatic carbocycles. The topological polar surface area (TPSA) is 77.9 Å². The average Bonchev–Trinajstić information content (AvgIpc) is 3.16. The normalized spacial score (nSPS) is 10.3. The van der Waals surface area contributed by atoms with E-state index in [9.17, 15) is 4.79 Å². The number of ether oxygens (including phenoxy) is 3. The van der Waals surface area contributed by atoms with Gasteiger partial charge in [-0.3, -0.25) is 0 Å². The maximum atomic E-state index is 11.1. The third kappa shape index (κ3) is 4.12. The van der Waals surface area contributed by atoms with Crippen LogP contribution < -0.4 is 14.2 Å². The van der Waals surface area contributed by atoms with Gasteiger partial charge in [-0.05, 0) is 24.3 Å². The van der Waals surface area contributed by atoms with Gasteiger partial charge in [0.1, 0.15) is 24.0 Å². The van der Waals surface area contributed by atoms with Crippen LogP contribution in [0.3, 0.4) is 0 Å². The molecule has 0 unspecified atom stereocenters. The molecule has 0 aliphatic heterocycles. The number of nitrogens with zero attached hydrogens (tertiary/aromatic N) is 1. The fourth-order valence-corrected chi connectivity index (χ4v) is 3.13. The van der Waals surface area contributed by atoms with E-state index in [2.05, 4.69) is 4.98 Å². The predicted molar refractivity (Wildman–Crippen MR) is 98.5 cm³/mol. The van der Waals surface area contributed by atoms with Crippen molar-refractivity contribution in [3.63, 3.8) is 0 Å². The fraction of sp³-hybridized carbons (Fsp3) is 0.158. The highest BCUT2D eigenvalue weighted by atomic mass is 32.1. The molecule has 7 heteroatoms. The first-order valence-corrected chi connectivity index (χ1v) is 8.74. The summed E-state index contributed by atoms with van der Waals surface area (Å²) in [5, 5.41) is 11.1. The number of aromatic carboxylic acids is 1. The van der Waals surface area contributed by atoms with Crippen molar-refractivity contribution >= 4 is 17.3 Å². The van der Waals surface area contributed by atoms with Gasteiger partial charge < -0.3 is 19.3 Å². The minimum Gasteiger partial charge on any atom is -0.493 e. The molecule has 0 radical (unpaired) electrons. The highest BCUT2D eigenvalue weighted by molar-refractivity contribution is 7.13. The first kappa shape index (κ1) is 17.8. The summed E-state index contributed by atoms with van der Waals surface area (Å²) < 4.78 is 16.9. The van der Waals surface area contributed by atoms with Crippen LogP contribution in [0, 0.1) is 0 Å². The molecular formula is C19H17NO5S. The van der Waals surface area contributed by atoms with Gasteiger partial charge in [0.25, 0.3) is 0 Å². The molecule has 3 aromatic rings. The smallest absolute Gasteiger partial charge is 0.355 e. The second-order valence-electron chi connectivity index (χ2n) is 5.19. The van der Waals surface area contributed by atoms with Crippen LogP contribution in [0.1, 0.15) is 10.5 Å². The quantitative estimate of drug-likeness (QED) is 0.604. The highest BCUT2D eigenvalue weighted by Gasteiger charge is 2.17. The molecule has 26 heavy (non-hydrogen) atoms. The van der Waals surface area contributed by atoms with Crippen molar-refractivity contribution in [2.45, 2.75) is 0 Å². The number of rotatable bonds is 8. The van der Waals surface area contributed by atoms with Gasteiger partial charge in [0.05, 0.1) is 12.7 Å². The maximum Gasteiger partial charge on any atom is 0.355 e. The van der Waals surface area contributed by atoms with Crippen LogP contribution in [0.5, 0.6) is 17.2 Å². The zero-order valence-electron chi connectivity index (χ0n) is 14.0. The van der Waals surface area contributed by atoms with Crippen LogP contribution in [-0.4, -0.2) is 36.4 Å². The Morgan fingerprint density at radius 2 is 1.85 bits per heavy atom. The van der Waals surface area contributed by atoms with Gasteiger partial charge >= 0.3 is 5.97 Å². The Labute approximate surface area is 154 Å². The number of methoxy groups -OCH3 is 1. The number of hydrogen-bond acceptors (Lipinski definition) is 6. The van der Waals surface area contributed by atoms with Gasteiger partial charge in [-0.2, -0.15) is 0 Å². The summed E-state index contributed by atoms with van der Waals surface area (Å²) in [5.74, 6) is 0.767. The van der Waals surface area contributed by atoms with Crippen LogP contribution in [0.4, 0.5) is 0 Å². The largest absolute Gasteiger partial charge is 0.493 e. The molecule has 0 saturated heterocycles. The lowest BCUT2D eigenvalue weighted by molar-refractivity contribution is 0.0691. The molecule has 0 amide bonds. The first-order valence-electron chi connectivity index (χ1n) is 7.86. The summed E-state index contributed by atoms with van der Waals surface area (Å²) in [4.78, 5) is 15.2. The minimum atomic E-state index is -1.06. The molecule has 0 fully saturated rings. The van der Waals surface area contributed by atoms with E-state index in [1.807, 2.05) is 42.5 Å². The number of para-hydroxylation sites is 2. The zero-order chi connectivity index (χ0) is 18.4. The van der Waals surface area contributed by atoms with E-state index < -0.39 is 5.97 Å². The van der Waals surface area contributed by atoms with Gasteiger partial charge in [0, 0.05) is 5.38 Å². The lowest BCUT2D eigenvalue weighted by Gasteiger charge is -2.14. The average molecular weight is 371 g/mol. The summed E-state index contributed by atoms with van der Waals surface area (Å²) in [5.41, 5.74) is 0.688. The second kappa shape index (κ2) is 8.35. The molecule has 1 aromatic heterocycles. The Balaban J connectivity index is 1.75. The third-order valence-electron chi connectivity index (χ3n) is 3.49. The number of carbonyl (C=O) groups is 1. The molecule has 0 saturated carbocycles. The van der Waals surface area contributed by atoms with Crippen molar-refractivity contribution in [3.05, 3.63) is 59.6 Å². The summed E-state index contributed by atoms with van der Waals surface area (Å²) >= 11 is 1.24. The first-order chi connectivity index (χ1) is 12.7. The van der Waals surface area contributed by atoms with Crippen molar-refractivity contribution in [1.82, 2.24) is 4.98 Å². The standard InChI is InChI=1S/C19H17NO5S/c1-23-16-9-5-8-14(18-20-15(12-26-18)19(21)22)17(16)25-11-10-24-13-6-3-2-4-7-13/h2-9,12H,10-11H2,1H3,(H,21,22). The molecule has 0 atom stereocenters. The Morgan fingerprint density at radius 3 is 2.54 bits per heavy atom. The summed E-state index contributed by atoms with van der Waals surface area (Å²) in [6.45, 7) is 0.666. The minimum absolute atomic E-state index is 0.00572. The fourth-order valence-electron chi connectivity index (χ4n) is 2.31. The number of carboxylic acid groups (broad SMARTS) is 1. The zero-order valence-corrected chi connectivity index (χ0v) is 14.9. The molecule has 0 bridgehead atoms. The van der Waals surface area contributed by atoms with Crippen molar-refractivity contribution in [1.29, 1.82) is 0 Å². The number of hydrogen-bond donors (Lipinski definition) is 1. The molecule has 0 aliphatic rings. The van der Waals surface area contributed by atoms with Gasteiger partial charge in [-0.1, -0.05) is 24.3 Å². The summed E-state index contributed by atoms with van der Waals surface area (Å²) in [6, 6.07) is 14.9. The van der Waals surface area contributed by atoms with E-state index in [-0.39, 0.29) is 5.69 Å². The van der Waals surface area contributed by atoms with E-state index >= 15 is 0 Å². The van der Waals surface area contributed by atoms with Gasteiger partial charge in [-0.15, -0.1) is 11.3 Å². The van der Waals surface area contributed by atoms with Crippen molar-refractivity contribution in [2.75, 3.05) is 20.3 Å². The predicted octanol–water partition coefficient (Wildman–Crippen LogP) is 3.97. The van der Waals surface area contributed by atoms with E-state index in [1.54, 1.807) is 13.2 Å². The van der Waals surface area contributed by atoms with Crippen molar-refractivity contribution < 1.29 is 24.1 Å². The third-order valence-corrected chi connectivity index (χ3v) is 4.37. The maximum absolute atomic E-state index is 11.1. The SMILES string of the molecule is COc1cccc(-c2nc(C(=O)O)cs2)c1OCCOc1ccccc1. The number of benzene rings is 2.